The van der Waals surface area contributed by atoms with E-state index in [9.17, 15) is 13.6 Å². The van der Waals surface area contributed by atoms with Gasteiger partial charge in [0.2, 0.25) is 0 Å². The van der Waals surface area contributed by atoms with Crippen LogP contribution in [0.25, 0.3) is 0 Å². The number of anilines is 2. The average Bonchev–Trinajstić information content (AvgIpc) is 2.35. The molecule has 98 valence electrons. The van der Waals surface area contributed by atoms with Crippen LogP contribution in [0.2, 0.25) is 0 Å². The molecule has 4 nitrogen and oxygen atoms in total. The van der Waals surface area contributed by atoms with Gasteiger partial charge in [-0.05, 0) is 30.7 Å². The van der Waals surface area contributed by atoms with Crippen molar-refractivity contribution in [3.63, 3.8) is 0 Å². The largest absolute Gasteiger partial charge is 0.478 e. The molecule has 2 N–H and O–H groups in total. The van der Waals surface area contributed by atoms with E-state index in [1.165, 1.54) is 6.20 Å². The number of benzene rings is 1. The number of nitrogens with one attached hydrogen (secondary N) is 1. The number of pyridine rings is 1. The van der Waals surface area contributed by atoms with Gasteiger partial charge in [-0.25, -0.2) is 13.6 Å². The first-order chi connectivity index (χ1) is 8.99. The minimum Gasteiger partial charge on any atom is -0.478 e. The maximum absolute atomic E-state index is 13.7. The monoisotopic (exact) mass is 264 g/mol. The molecule has 0 aliphatic rings. The Morgan fingerprint density at radius 2 is 2.05 bits per heavy atom. The van der Waals surface area contributed by atoms with Crippen molar-refractivity contribution >= 4 is 17.3 Å². The van der Waals surface area contributed by atoms with E-state index in [2.05, 4.69) is 10.3 Å². The Kier molecular flexibility index (Phi) is 3.41. The molecule has 0 spiro atoms. The van der Waals surface area contributed by atoms with Gasteiger partial charge in [0.05, 0.1) is 23.1 Å². The van der Waals surface area contributed by atoms with Crippen LogP contribution in [-0.2, 0) is 0 Å². The fourth-order valence-electron chi connectivity index (χ4n) is 1.62. The van der Waals surface area contributed by atoms with Gasteiger partial charge < -0.3 is 10.4 Å². The molecule has 0 aliphatic carbocycles. The smallest absolute Gasteiger partial charge is 0.337 e. The highest BCUT2D eigenvalue weighted by Crippen LogP contribution is 2.26. The molecule has 0 fully saturated rings. The number of hydrogen-bond acceptors (Lipinski definition) is 3. The van der Waals surface area contributed by atoms with Crippen LogP contribution >= 0.6 is 0 Å². The third-order valence-corrected chi connectivity index (χ3v) is 2.47. The number of aryl methyl sites for hydroxylation is 1. The summed E-state index contributed by atoms with van der Waals surface area (Å²) in [4.78, 5) is 14.9. The highest BCUT2D eigenvalue weighted by molar-refractivity contribution is 5.95. The zero-order valence-corrected chi connectivity index (χ0v) is 9.95. The van der Waals surface area contributed by atoms with E-state index in [1.807, 2.05) is 0 Å². The predicted molar refractivity (Wildman–Crippen MR) is 65.6 cm³/mol. The molecule has 1 heterocycles. The van der Waals surface area contributed by atoms with Gasteiger partial charge in [-0.1, -0.05) is 0 Å². The van der Waals surface area contributed by atoms with Gasteiger partial charge in [-0.15, -0.1) is 0 Å². The lowest BCUT2D eigenvalue weighted by atomic mass is 10.1. The first-order valence-electron chi connectivity index (χ1n) is 5.39. The van der Waals surface area contributed by atoms with Gasteiger partial charge >= 0.3 is 5.97 Å². The standard InChI is InChI=1S/C13H10F2N2O2/c1-7-4-8(6-16-5-7)17-12-9(13(18)19)2-3-10(14)11(12)15/h2-6,17H,1H3,(H,18,19). The van der Waals surface area contributed by atoms with Crippen LogP contribution < -0.4 is 5.32 Å². The predicted octanol–water partition coefficient (Wildman–Crippen LogP) is 3.11. The van der Waals surface area contributed by atoms with Crippen molar-refractivity contribution in [2.45, 2.75) is 6.92 Å². The molecule has 0 bridgehead atoms. The topological polar surface area (TPSA) is 62.2 Å². The lowest BCUT2D eigenvalue weighted by molar-refractivity contribution is 0.0697. The van der Waals surface area contributed by atoms with Crippen molar-refractivity contribution in [3.05, 3.63) is 53.4 Å². The summed E-state index contributed by atoms with van der Waals surface area (Å²) in [7, 11) is 0. The van der Waals surface area contributed by atoms with Crippen LogP contribution in [0, 0.1) is 18.6 Å². The number of carboxylic acids is 1. The molecule has 0 aliphatic heterocycles. The van der Waals surface area contributed by atoms with Crippen LogP contribution in [0.1, 0.15) is 15.9 Å². The summed E-state index contributed by atoms with van der Waals surface area (Å²) in [6.45, 7) is 1.78. The first-order valence-corrected chi connectivity index (χ1v) is 5.39. The third kappa shape index (κ3) is 2.67. The Morgan fingerprint density at radius 3 is 2.68 bits per heavy atom. The van der Waals surface area contributed by atoms with Crippen LogP contribution in [0.15, 0.2) is 30.6 Å². The second kappa shape index (κ2) is 5.01. The van der Waals surface area contributed by atoms with Crippen LogP contribution in [0.5, 0.6) is 0 Å². The Labute approximate surface area is 107 Å². The zero-order valence-electron chi connectivity index (χ0n) is 9.95. The third-order valence-electron chi connectivity index (χ3n) is 2.47. The van der Waals surface area contributed by atoms with Gasteiger partial charge in [0.15, 0.2) is 11.6 Å². The van der Waals surface area contributed by atoms with E-state index >= 15 is 0 Å². The van der Waals surface area contributed by atoms with Crippen molar-refractivity contribution in [2.75, 3.05) is 5.32 Å². The van der Waals surface area contributed by atoms with Crippen LogP contribution in [0.4, 0.5) is 20.2 Å². The Hall–Kier alpha value is -2.50. The first kappa shape index (κ1) is 12.9. The van der Waals surface area contributed by atoms with Crippen LogP contribution in [0.3, 0.4) is 0 Å². The molecule has 2 aromatic rings. The van der Waals surface area contributed by atoms with E-state index in [-0.39, 0.29) is 5.56 Å². The van der Waals surface area contributed by atoms with Crippen molar-refractivity contribution in [1.82, 2.24) is 4.98 Å². The molecule has 6 heteroatoms. The van der Waals surface area contributed by atoms with E-state index in [4.69, 9.17) is 5.11 Å². The molecular formula is C13H10F2N2O2. The quantitative estimate of drug-likeness (QED) is 0.894. The Morgan fingerprint density at radius 1 is 1.32 bits per heavy atom. The van der Waals surface area contributed by atoms with E-state index in [1.54, 1.807) is 19.2 Å². The number of hydrogen-bond donors (Lipinski definition) is 2. The number of aromatic carboxylic acids is 1. The summed E-state index contributed by atoms with van der Waals surface area (Å²) >= 11 is 0. The summed E-state index contributed by atoms with van der Waals surface area (Å²) in [5, 5.41) is 11.5. The average molecular weight is 264 g/mol. The summed E-state index contributed by atoms with van der Waals surface area (Å²) in [5.74, 6) is -3.70. The fourth-order valence-corrected chi connectivity index (χ4v) is 1.62. The van der Waals surface area contributed by atoms with Gasteiger partial charge in [0.1, 0.15) is 0 Å². The van der Waals surface area contributed by atoms with Crippen LogP contribution in [-0.4, -0.2) is 16.1 Å². The molecule has 0 saturated carbocycles. The Bertz CT molecular complexity index is 645. The minimum absolute atomic E-state index is 0.347. The number of nitrogens with zero attached hydrogens (tertiary/aromatic N) is 1. The van der Waals surface area contributed by atoms with Crippen molar-refractivity contribution in [1.29, 1.82) is 0 Å². The van der Waals surface area contributed by atoms with E-state index in [0.717, 1.165) is 17.7 Å². The molecule has 19 heavy (non-hydrogen) atoms. The van der Waals surface area contributed by atoms with Crippen molar-refractivity contribution in [2.24, 2.45) is 0 Å². The highest BCUT2D eigenvalue weighted by Gasteiger charge is 2.18. The van der Waals surface area contributed by atoms with Gasteiger partial charge in [0.25, 0.3) is 0 Å². The summed E-state index contributed by atoms with van der Waals surface area (Å²) in [6.07, 6.45) is 2.98. The summed E-state index contributed by atoms with van der Waals surface area (Å²) < 4.78 is 26.9. The van der Waals surface area contributed by atoms with Gasteiger partial charge in [0, 0.05) is 6.20 Å². The molecule has 0 unspecified atom stereocenters. The van der Waals surface area contributed by atoms with E-state index in [0.29, 0.717) is 5.69 Å². The normalized spacial score (nSPS) is 10.3. The second-order valence-electron chi connectivity index (χ2n) is 3.97. The number of aromatic nitrogens is 1. The number of carboxylic acid groups (broad SMARTS) is 1. The number of rotatable bonds is 3. The molecule has 0 atom stereocenters. The summed E-state index contributed by atoms with van der Waals surface area (Å²) in [6, 6.07) is 3.42. The number of halogens is 2. The molecule has 2 rings (SSSR count). The van der Waals surface area contributed by atoms with Gasteiger partial charge in [-0.3, -0.25) is 4.98 Å². The number of carbonyl (C=O) groups is 1. The Balaban J connectivity index is 2.49. The van der Waals surface area contributed by atoms with Gasteiger partial charge in [-0.2, -0.15) is 0 Å². The minimum atomic E-state index is -1.35. The zero-order chi connectivity index (χ0) is 14.0. The lowest BCUT2D eigenvalue weighted by Crippen LogP contribution is -2.06. The van der Waals surface area contributed by atoms with Crippen molar-refractivity contribution in [3.8, 4) is 0 Å². The fraction of sp³-hybridized carbons (Fsp3) is 0.0769. The lowest BCUT2D eigenvalue weighted by Gasteiger charge is -2.11. The second-order valence-corrected chi connectivity index (χ2v) is 3.97. The maximum Gasteiger partial charge on any atom is 0.337 e. The van der Waals surface area contributed by atoms with Crippen molar-refractivity contribution < 1.29 is 18.7 Å². The maximum atomic E-state index is 13.7. The summed E-state index contributed by atoms with van der Waals surface area (Å²) in [5.41, 5.74) is 0.422. The molecular weight excluding hydrogens is 254 g/mol. The van der Waals surface area contributed by atoms with E-state index < -0.39 is 23.3 Å². The SMILES string of the molecule is Cc1cncc(Nc2c(C(=O)O)ccc(F)c2F)c1. The molecule has 1 aromatic carbocycles. The molecule has 0 saturated heterocycles. The highest BCUT2D eigenvalue weighted by atomic mass is 19.2. The molecule has 1 aromatic heterocycles. The molecule has 0 amide bonds. The molecule has 0 radical (unpaired) electrons.